The highest BCUT2D eigenvalue weighted by Gasteiger charge is 2.33. The van der Waals surface area contributed by atoms with Crippen LogP contribution in [0.1, 0.15) is 64.4 Å². The molecule has 1 aliphatic heterocycles. The molecule has 1 atom stereocenters. The first-order valence-corrected chi connectivity index (χ1v) is 14.3. The molecule has 4 amide bonds. The van der Waals surface area contributed by atoms with Gasteiger partial charge in [0.25, 0.3) is 11.8 Å². The topological polar surface area (TPSA) is 105 Å². The zero-order valence-corrected chi connectivity index (χ0v) is 23.5. The Morgan fingerprint density at radius 2 is 1.43 bits per heavy atom. The number of nitrogens with one attached hydrogen (secondary N) is 2. The van der Waals surface area contributed by atoms with Gasteiger partial charge in [0.2, 0.25) is 5.91 Å². The lowest BCUT2D eigenvalue weighted by molar-refractivity contribution is -0.118. The molecule has 4 aromatic rings. The summed E-state index contributed by atoms with van der Waals surface area (Å²) in [6.45, 7) is 4.10. The molecule has 6 rings (SSSR count). The molecule has 0 spiro atoms. The minimum atomic E-state index is -0.838. The fourth-order valence-electron chi connectivity index (χ4n) is 6.10. The molecule has 8 nitrogen and oxygen atoms in total. The average Bonchev–Trinajstić information content (AvgIpc) is 3.33. The van der Waals surface area contributed by atoms with Gasteiger partial charge in [0.1, 0.15) is 12.6 Å². The van der Waals surface area contributed by atoms with E-state index < -0.39 is 18.0 Å². The molecule has 42 heavy (non-hydrogen) atoms. The van der Waals surface area contributed by atoms with Crippen molar-refractivity contribution in [2.45, 2.75) is 38.6 Å². The molecule has 0 saturated carbocycles. The molecule has 0 saturated heterocycles. The van der Waals surface area contributed by atoms with Gasteiger partial charge in [-0.2, -0.15) is 0 Å². The molecule has 0 bridgehead atoms. The van der Waals surface area contributed by atoms with Crippen LogP contribution in [0.15, 0.2) is 78.9 Å². The van der Waals surface area contributed by atoms with Crippen LogP contribution < -0.4 is 10.6 Å². The van der Waals surface area contributed by atoms with Crippen LogP contribution in [0.3, 0.4) is 0 Å². The van der Waals surface area contributed by atoms with Crippen molar-refractivity contribution in [3.05, 3.63) is 101 Å². The number of alkyl carbamates (subject to hydrolysis) is 1. The van der Waals surface area contributed by atoms with E-state index in [0.717, 1.165) is 22.3 Å². The molecule has 8 heteroatoms. The highest BCUT2D eigenvalue weighted by atomic mass is 16.5. The third kappa shape index (κ3) is 4.59. The lowest BCUT2D eigenvalue weighted by Crippen LogP contribution is -2.44. The van der Waals surface area contributed by atoms with Crippen LogP contribution in [0.5, 0.6) is 0 Å². The second-order valence-corrected chi connectivity index (χ2v) is 10.5. The number of hydrogen-bond acceptors (Lipinski definition) is 5. The summed E-state index contributed by atoms with van der Waals surface area (Å²) in [4.78, 5) is 53.5. The molecular weight excluding hydrogens is 530 g/mol. The maximum atomic E-state index is 13.4. The van der Waals surface area contributed by atoms with E-state index in [4.69, 9.17) is 4.74 Å². The average molecular weight is 562 g/mol. The van der Waals surface area contributed by atoms with Gasteiger partial charge in [-0.15, -0.1) is 0 Å². The van der Waals surface area contributed by atoms with Crippen molar-refractivity contribution in [1.29, 1.82) is 0 Å². The molecule has 2 N–H and O–H groups in total. The number of carbonyl (C=O) groups is 4. The van der Waals surface area contributed by atoms with Crippen LogP contribution in [0.4, 0.5) is 10.5 Å². The zero-order chi connectivity index (χ0) is 29.4. The quantitative estimate of drug-likeness (QED) is 0.253. The Hall–Kier alpha value is -4.98. The van der Waals surface area contributed by atoms with Crippen molar-refractivity contribution in [3.8, 4) is 11.1 Å². The van der Waals surface area contributed by atoms with E-state index in [9.17, 15) is 19.2 Å². The van der Waals surface area contributed by atoms with E-state index in [2.05, 4.69) is 34.9 Å². The molecule has 0 fully saturated rings. The summed E-state index contributed by atoms with van der Waals surface area (Å²) in [5, 5.41) is 6.76. The van der Waals surface area contributed by atoms with Crippen molar-refractivity contribution in [1.82, 2.24) is 10.2 Å². The van der Waals surface area contributed by atoms with E-state index >= 15 is 0 Å². The Kier molecular flexibility index (Phi) is 7.20. The Labute approximate surface area is 243 Å². The van der Waals surface area contributed by atoms with Gasteiger partial charge in [-0.25, -0.2) is 4.79 Å². The minimum Gasteiger partial charge on any atom is -0.449 e. The van der Waals surface area contributed by atoms with Gasteiger partial charge in [-0.1, -0.05) is 74.0 Å². The summed E-state index contributed by atoms with van der Waals surface area (Å²) in [6, 6.07) is 23.9. The predicted molar refractivity (Wildman–Crippen MR) is 161 cm³/mol. The van der Waals surface area contributed by atoms with E-state index in [0.29, 0.717) is 40.4 Å². The van der Waals surface area contributed by atoms with Gasteiger partial charge in [-0.3, -0.25) is 19.3 Å². The van der Waals surface area contributed by atoms with Gasteiger partial charge in [-0.05, 0) is 53.8 Å². The standard InChI is InChI=1S/C34H31N3O5/c1-3-10-29(36-34(41)42-19-27-22-13-7-5-11-20(22)21-12-6-8-14-23(21)27)31(38)35-28-18-17-26-30-24(28)15-9-16-25(30)32(39)37(4-2)33(26)40/h5-9,11-18,27,29H,3-4,10,19H2,1-2H3,(H,35,38)(H,36,41). The molecular formula is C34H31N3O5. The fourth-order valence-corrected chi connectivity index (χ4v) is 6.10. The smallest absolute Gasteiger partial charge is 0.407 e. The van der Waals surface area contributed by atoms with Crippen LogP contribution in [-0.2, 0) is 9.53 Å². The largest absolute Gasteiger partial charge is 0.449 e. The minimum absolute atomic E-state index is 0.0895. The fraction of sp³-hybridized carbons (Fsp3) is 0.235. The van der Waals surface area contributed by atoms with Crippen LogP contribution in [0.2, 0.25) is 0 Å². The highest BCUT2D eigenvalue weighted by molar-refractivity contribution is 6.27. The van der Waals surface area contributed by atoms with Gasteiger partial charge in [0.05, 0.1) is 0 Å². The number of hydrogen-bond donors (Lipinski definition) is 2. The van der Waals surface area contributed by atoms with Gasteiger partial charge in [0.15, 0.2) is 0 Å². The highest BCUT2D eigenvalue weighted by Crippen LogP contribution is 2.44. The Bertz CT molecular complexity index is 1680. The number of nitrogens with zero attached hydrogens (tertiary/aromatic N) is 1. The van der Waals surface area contributed by atoms with E-state index in [1.807, 2.05) is 31.2 Å². The molecule has 0 aromatic heterocycles. The van der Waals surface area contributed by atoms with Gasteiger partial charge in [0, 0.05) is 40.0 Å². The number of benzene rings is 4. The Balaban J connectivity index is 1.18. The maximum absolute atomic E-state index is 13.4. The first-order valence-electron chi connectivity index (χ1n) is 14.3. The predicted octanol–water partition coefficient (Wildman–Crippen LogP) is 6.10. The third-order valence-electron chi connectivity index (χ3n) is 8.10. The third-order valence-corrected chi connectivity index (χ3v) is 8.10. The molecule has 1 heterocycles. The van der Waals surface area contributed by atoms with Crippen molar-refractivity contribution >= 4 is 40.3 Å². The van der Waals surface area contributed by atoms with Crippen molar-refractivity contribution in [3.63, 3.8) is 0 Å². The first-order chi connectivity index (χ1) is 20.4. The summed E-state index contributed by atoms with van der Waals surface area (Å²) >= 11 is 0. The molecule has 1 unspecified atom stereocenters. The second-order valence-electron chi connectivity index (χ2n) is 10.5. The van der Waals surface area contributed by atoms with Crippen molar-refractivity contribution in [2.75, 3.05) is 18.5 Å². The van der Waals surface area contributed by atoms with E-state index in [-0.39, 0.29) is 30.9 Å². The van der Waals surface area contributed by atoms with Crippen LogP contribution in [0.25, 0.3) is 21.9 Å². The summed E-state index contributed by atoms with van der Waals surface area (Å²) < 4.78 is 5.68. The summed E-state index contributed by atoms with van der Waals surface area (Å²) in [5.41, 5.74) is 5.78. The Morgan fingerprint density at radius 1 is 0.810 bits per heavy atom. The van der Waals surface area contributed by atoms with Crippen molar-refractivity contribution in [2.24, 2.45) is 0 Å². The van der Waals surface area contributed by atoms with Gasteiger partial charge < -0.3 is 15.4 Å². The number of fused-ring (bicyclic) bond motifs is 3. The molecule has 4 aromatic carbocycles. The lowest BCUT2D eigenvalue weighted by Gasteiger charge is -2.27. The van der Waals surface area contributed by atoms with Crippen LogP contribution in [-0.4, -0.2) is 47.9 Å². The Morgan fingerprint density at radius 3 is 2.07 bits per heavy atom. The number of amides is 4. The lowest BCUT2D eigenvalue weighted by atomic mass is 9.93. The first kappa shape index (κ1) is 27.2. The number of ether oxygens (including phenoxy) is 1. The number of imide groups is 1. The molecule has 1 aliphatic carbocycles. The van der Waals surface area contributed by atoms with Gasteiger partial charge >= 0.3 is 6.09 Å². The van der Waals surface area contributed by atoms with Crippen molar-refractivity contribution < 1.29 is 23.9 Å². The van der Waals surface area contributed by atoms with Crippen LogP contribution in [0, 0.1) is 0 Å². The molecule has 0 radical (unpaired) electrons. The number of rotatable bonds is 8. The monoisotopic (exact) mass is 561 g/mol. The number of carbonyl (C=O) groups excluding carboxylic acids is 4. The van der Waals surface area contributed by atoms with Crippen LogP contribution >= 0.6 is 0 Å². The second kappa shape index (κ2) is 11.1. The summed E-state index contributed by atoms with van der Waals surface area (Å²) in [7, 11) is 0. The van der Waals surface area contributed by atoms with E-state index in [1.54, 1.807) is 37.3 Å². The molecule has 212 valence electrons. The SMILES string of the molecule is CCCC(NC(=O)OCC1c2ccccc2-c2ccccc21)C(=O)Nc1ccc2c3c(cccc13)C(=O)N(CC)C2=O. The molecule has 2 aliphatic rings. The van der Waals surface area contributed by atoms with E-state index in [1.165, 1.54) is 4.90 Å². The number of anilines is 1. The summed E-state index contributed by atoms with van der Waals surface area (Å²) in [6.07, 6.45) is 0.388. The summed E-state index contributed by atoms with van der Waals surface area (Å²) in [5.74, 6) is -1.21. The maximum Gasteiger partial charge on any atom is 0.407 e. The normalized spacial score (nSPS) is 14.4. The zero-order valence-electron chi connectivity index (χ0n) is 23.5.